The first-order valence-electron chi connectivity index (χ1n) is 9.65. The monoisotopic (exact) mass is 316 g/mol. The number of carbonyl (C=O) groups excluding carboxylic acids is 1. The predicted octanol–water partition coefficient (Wildman–Crippen LogP) is 4.37. The summed E-state index contributed by atoms with van der Waals surface area (Å²) in [6.07, 6.45) is 8.33. The van der Waals surface area contributed by atoms with E-state index in [1.165, 1.54) is 18.4 Å². The van der Waals surface area contributed by atoms with Crippen molar-refractivity contribution in [3.8, 4) is 0 Å². The number of aliphatic hydroxyl groups excluding tert-OH is 1. The second-order valence-corrected chi connectivity index (χ2v) is 10.00. The fraction of sp³-hybridized carbons (Fsp3) is 0.857. The molecule has 4 rings (SSSR count). The predicted molar refractivity (Wildman–Crippen MR) is 91.8 cm³/mol. The molecule has 128 valence electrons. The molecule has 1 N–H and O–H groups in total. The summed E-state index contributed by atoms with van der Waals surface area (Å²) in [7, 11) is 0. The fourth-order valence-corrected chi connectivity index (χ4v) is 7.24. The number of hydrogen-bond acceptors (Lipinski definition) is 2. The zero-order valence-corrected chi connectivity index (χ0v) is 15.1. The highest BCUT2D eigenvalue weighted by Gasteiger charge is 2.62. The maximum Gasteiger partial charge on any atom is 0.155 e. The Labute approximate surface area is 140 Å². The summed E-state index contributed by atoms with van der Waals surface area (Å²) in [5.74, 6) is 3.79. The molecule has 0 saturated heterocycles. The van der Waals surface area contributed by atoms with Crippen molar-refractivity contribution in [2.45, 2.75) is 72.3 Å². The number of aliphatic hydroxyl groups is 1. The Morgan fingerprint density at radius 3 is 2.70 bits per heavy atom. The van der Waals surface area contributed by atoms with Gasteiger partial charge in [-0.05, 0) is 78.6 Å². The Bertz CT molecular complexity index is 560. The molecule has 0 aromatic heterocycles. The molecule has 0 heterocycles. The van der Waals surface area contributed by atoms with Gasteiger partial charge in [0.05, 0.1) is 6.10 Å². The largest absolute Gasteiger partial charge is 0.392 e. The van der Waals surface area contributed by atoms with Gasteiger partial charge >= 0.3 is 0 Å². The lowest BCUT2D eigenvalue weighted by Gasteiger charge is -2.55. The van der Waals surface area contributed by atoms with E-state index < -0.39 is 0 Å². The lowest BCUT2D eigenvalue weighted by molar-refractivity contribution is -0.116. The normalized spacial score (nSPS) is 51.5. The quantitative estimate of drug-likeness (QED) is 0.720. The van der Waals surface area contributed by atoms with Crippen molar-refractivity contribution < 1.29 is 9.90 Å². The molecular formula is C21H32O2. The first-order chi connectivity index (χ1) is 10.7. The summed E-state index contributed by atoms with van der Waals surface area (Å²) in [6, 6.07) is 0. The third-order valence-electron chi connectivity index (χ3n) is 8.19. The van der Waals surface area contributed by atoms with Gasteiger partial charge in [0.1, 0.15) is 0 Å². The van der Waals surface area contributed by atoms with Crippen LogP contribution < -0.4 is 0 Å². The molecule has 4 aliphatic rings. The molecule has 0 bridgehead atoms. The minimum absolute atomic E-state index is 0.0483. The van der Waals surface area contributed by atoms with E-state index in [1.807, 2.05) is 6.08 Å². The third kappa shape index (κ3) is 2.13. The first-order valence-corrected chi connectivity index (χ1v) is 9.65. The van der Waals surface area contributed by atoms with Crippen LogP contribution in [0.2, 0.25) is 0 Å². The van der Waals surface area contributed by atoms with Crippen molar-refractivity contribution in [2.24, 2.45) is 40.4 Å². The second kappa shape index (κ2) is 4.94. The Morgan fingerprint density at radius 1 is 1.22 bits per heavy atom. The zero-order chi connectivity index (χ0) is 16.6. The van der Waals surface area contributed by atoms with Crippen LogP contribution in [0.25, 0.3) is 0 Å². The molecule has 0 amide bonds. The molecule has 23 heavy (non-hydrogen) atoms. The van der Waals surface area contributed by atoms with E-state index in [0.717, 1.165) is 37.5 Å². The van der Waals surface area contributed by atoms with Crippen molar-refractivity contribution in [1.82, 2.24) is 0 Å². The van der Waals surface area contributed by atoms with E-state index in [0.29, 0.717) is 23.5 Å². The summed E-state index contributed by atoms with van der Waals surface area (Å²) in [6.45, 7) is 9.27. The van der Waals surface area contributed by atoms with Crippen LogP contribution in [-0.4, -0.2) is 17.0 Å². The topological polar surface area (TPSA) is 37.3 Å². The molecule has 2 heteroatoms. The highest BCUT2D eigenvalue weighted by Crippen LogP contribution is 2.66. The van der Waals surface area contributed by atoms with Crippen LogP contribution >= 0.6 is 0 Å². The van der Waals surface area contributed by atoms with Crippen molar-refractivity contribution in [2.75, 3.05) is 0 Å². The lowest BCUT2D eigenvalue weighted by Crippen LogP contribution is -2.50. The van der Waals surface area contributed by atoms with Gasteiger partial charge in [-0.15, -0.1) is 0 Å². The molecule has 0 aromatic carbocycles. The zero-order valence-electron chi connectivity index (χ0n) is 15.1. The van der Waals surface area contributed by atoms with Crippen molar-refractivity contribution in [3.05, 3.63) is 11.6 Å². The van der Waals surface area contributed by atoms with Gasteiger partial charge in [0.2, 0.25) is 0 Å². The van der Waals surface area contributed by atoms with Gasteiger partial charge in [-0.3, -0.25) is 4.79 Å². The number of allylic oxidation sites excluding steroid dienone is 1. The third-order valence-corrected chi connectivity index (χ3v) is 8.19. The average Bonchev–Trinajstić information content (AvgIpc) is 2.66. The maximum absolute atomic E-state index is 11.8. The number of hydrogen-bond donors (Lipinski definition) is 1. The van der Waals surface area contributed by atoms with E-state index in [4.69, 9.17) is 0 Å². The molecule has 0 aromatic rings. The molecule has 7 atom stereocenters. The smallest absolute Gasteiger partial charge is 0.155 e. The van der Waals surface area contributed by atoms with E-state index in [-0.39, 0.29) is 16.9 Å². The SMILES string of the molecule is C[C@@H]1CC2=CC(=O)CC[C@@H]2[C@H]2CC[C@]3(C)[C@H](O)C(C)(C)C[C@H]3[C@@H]21. The average molecular weight is 316 g/mol. The molecule has 3 fully saturated rings. The van der Waals surface area contributed by atoms with Crippen LogP contribution in [0.5, 0.6) is 0 Å². The Balaban J connectivity index is 1.70. The Kier molecular flexibility index (Phi) is 3.41. The summed E-state index contributed by atoms with van der Waals surface area (Å²) < 4.78 is 0. The van der Waals surface area contributed by atoms with Crippen LogP contribution in [0.15, 0.2) is 11.6 Å². The van der Waals surface area contributed by atoms with E-state index in [1.54, 1.807) is 0 Å². The van der Waals surface area contributed by atoms with E-state index in [2.05, 4.69) is 27.7 Å². The number of carbonyl (C=O) groups is 1. The van der Waals surface area contributed by atoms with Gasteiger partial charge in [0.25, 0.3) is 0 Å². The first kappa shape index (κ1) is 15.9. The second-order valence-electron chi connectivity index (χ2n) is 10.00. The minimum Gasteiger partial charge on any atom is -0.392 e. The van der Waals surface area contributed by atoms with Crippen LogP contribution in [0.3, 0.4) is 0 Å². The standard InChI is InChI=1S/C21H32O2/c1-12-9-13-10-14(22)5-6-15(13)16-7-8-21(4)17(18(12)16)11-20(2,3)19(21)23/h10,12,15-19,23H,5-9,11H2,1-4H3/t12-,15+,16-,17+,18-,19-,21+/m1/s1. The number of ketones is 1. The molecule has 2 nitrogen and oxygen atoms in total. The van der Waals surface area contributed by atoms with Crippen molar-refractivity contribution in [1.29, 1.82) is 0 Å². The lowest BCUT2D eigenvalue weighted by atomic mass is 9.49. The van der Waals surface area contributed by atoms with Crippen molar-refractivity contribution >= 4 is 5.78 Å². The van der Waals surface area contributed by atoms with E-state index in [9.17, 15) is 9.90 Å². The summed E-state index contributed by atoms with van der Waals surface area (Å²) in [4.78, 5) is 11.8. The number of rotatable bonds is 0. The van der Waals surface area contributed by atoms with Gasteiger partial charge in [-0.2, -0.15) is 0 Å². The van der Waals surface area contributed by atoms with E-state index >= 15 is 0 Å². The summed E-state index contributed by atoms with van der Waals surface area (Å²) >= 11 is 0. The van der Waals surface area contributed by atoms with Gasteiger partial charge in [0.15, 0.2) is 5.78 Å². The van der Waals surface area contributed by atoms with Gasteiger partial charge in [0, 0.05) is 6.42 Å². The highest BCUT2D eigenvalue weighted by molar-refractivity contribution is 5.91. The van der Waals surface area contributed by atoms with Crippen LogP contribution in [0.4, 0.5) is 0 Å². The van der Waals surface area contributed by atoms with Crippen LogP contribution in [0, 0.1) is 40.4 Å². The summed E-state index contributed by atoms with van der Waals surface area (Å²) in [5, 5.41) is 11.0. The van der Waals surface area contributed by atoms with Gasteiger partial charge in [-0.1, -0.05) is 33.3 Å². The van der Waals surface area contributed by atoms with Gasteiger partial charge in [-0.25, -0.2) is 0 Å². The van der Waals surface area contributed by atoms with Crippen molar-refractivity contribution in [3.63, 3.8) is 0 Å². The highest BCUT2D eigenvalue weighted by atomic mass is 16.3. The summed E-state index contributed by atoms with van der Waals surface area (Å²) in [5.41, 5.74) is 1.61. The van der Waals surface area contributed by atoms with Crippen LogP contribution in [0.1, 0.15) is 66.2 Å². The Morgan fingerprint density at radius 2 is 1.96 bits per heavy atom. The molecule has 0 aliphatic heterocycles. The maximum atomic E-state index is 11.8. The number of fused-ring (bicyclic) bond motifs is 5. The van der Waals surface area contributed by atoms with Crippen LogP contribution in [-0.2, 0) is 4.79 Å². The Hall–Kier alpha value is -0.630. The molecule has 0 unspecified atom stereocenters. The molecule has 0 spiro atoms. The molecule has 3 saturated carbocycles. The van der Waals surface area contributed by atoms with Gasteiger partial charge < -0.3 is 5.11 Å². The fourth-order valence-electron chi connectivity index (χ4n) is 7.24. The molecule has 4 aliphatic carbocycles. The molecule has 0 radical (unpaired) electrons. The minimum atomic E-state index is -0.168. The molecular weight excluding hydrogens is 284 g/mol.